The minimum Gasteiger partial charge on any atom is -0.361 e. The van der Waals surface area contributed by atoms with E-state index in [-0.39, 0.29) is 0 Å². The van der Waals surface area contributed by atoms with Crippen LogP contribution in [0, 0.1) is 0 Å². The molecule has 4 nitrogen and oxygen atoms in total. The van der Waals surface area contributed by atoms with E-state index in [4.69, 9.17) is 10.6 Å². The fourth-order valence-corrected chi connectivity index (χ4v) is 1.67. The van der Waals surface area contributed by atoms with Crippen molar-refractivity contribution in [1.82, 2.24) is 4.98 Å². The molecule has 0 radical (unpaired) electrons. The zero-order chi connectivity index (χ0) is 10.7. The minimum absolute atomic E-state index is 0.641. The first-order chi connectivity index (χ1) is 7.35. The number of aromatic amines is 1. The van der Waals surface area contributed by atoms with Gasteiger partial charge >= 0.3 is 0 Å². The monoisotopic (exact) mass is 206 g/mol. The van der Waals surface area contributed by atoms with Gasteiger partial charge in [0.25, 0.3) is 0 Å². The van der Waals surface area contributed by atoms with Gasteiger partial charge in [-0.05, 0) is 36.7 Å². The fraction of sp³-hybridized carbons (Fsp3) is 0.273. The van der Waals surface area contributed by atoms with E-state index in [0.717, 1.165) is 17.3 Å². The van der Waals surface area contributed by atoms with Crippen LogP contribution >= 0.6 is 0 Å². The summed E-state index contributed by atoms with van der Waals surface area (Å²) in [5, 5.41) is 1.13. The summed E-state index contributed by atoms with van der Waals surface area (Å²) in [7, 11) is 1.49. The smallest absolute Gasteiger partial charge is 0.166 e. The molecular formula is C11H14N2O2. The molecule has 0 unspecified atom stereocenters. The van der Waals surface area contributed by atoms with Gasteiger partial charge in [-0.15, -0.1) is 0 Å². The van der Waals surface area contributed by atoms with Crippen LogP contribution in [0.15, 0.2) is 24.4 Å². The average molecular weight is 206 g/mol. The third-order valence-corrected chi connectivity index (χ3v) is 2.33. The molecular weight excluding hydrogens is 192 g/mol. The first kappa shape index (κ1) is 10.0. The van der Waals surface area contributed by atoms with Crippen LogP contribution in [-0.2, 0) is 11.3 Å². The normalized spacial score (nSPS) is 10.8. The van der Waals surface area contributed by atoms with E-state index in [2.05, 4.69) is 9.87 Å². The van der Waals surface area contributed by atoms with Crippen molar-refractivity contribution in [3.63, 3.8) is 0 Å². The highest BCUT2D eigenvalue weighted by atomic mass is 17.2. The maximum absolute atomic E-state index is 5.54. The van der Waals surface area contributed by atoms with Crippen molar-refractivity contribution < 1.29 is 9.78 Å². The third kappa shape index (κ3) is 1.95. The predicted octanol–water partition coefficient (Wildman–Crippen LogP) is 1.61. The van der Waals surface area contributed by atoms with Crippen LogP contribution in [0.25, 0.3) is 10.9 Å². The molecule has 1 heterocycles. The van der Waals surface area contributed by atoms with Crippen molar-refractivity contribution in [3.8, 4) is 5.75 Å². The van der Waals surface area contributed by atoms with E-state index in [1.54, 1.807) is 0 Å². The summed E-state index contributed by atoms with van der Waals surface area (Å²) < 4.78 is 0. The lowest BCUT2D eigenvalue weighted by atomic mass is 10.1. The van der Waals surface area contributed by atoms with Crippen LogP contribution in [0.1, 0.15) is 5.56 Å². The SMILES string of the molecule is COOc1ccc2[nH]cc(CCN)c2c1. The van der Waals surface area contributed by atoms with Crippen molar-refractivity contribution in [2.75, 3.05) is 13.7 Å². The number of nitrogens with one attached hydrogen (secondary N) is 1. The maximum atomic E-state index is 5.54. The second-order valence-corrected chi connectivity index (χ2v) is 3.31. The Morgan fingerprint density at radius 3 is 3.00 bits per heavy atom. The maximum Gasteiger partial charge on any atom is 0.166 e. The van der Waals surface area contributed by atoms with Gasteiger partial charge in [-0.1, -0.05) is 0 Å². The molecule has 2 rings (SSSR count). The molecule has 15 heavy (non-hydrogen) atoms. The number of nitrogens with two attached hydrogens (primary N) is 1. The van der Waals surface area contributed by atoms with E-state index in [0.29, 0.717) is 12.3 Å². The standard InChI is InChI=1S/C11H14N2O2/c1-14-15-9-2-3-11-10(6-9)8(4-5-12)7-13-11/h2-3,6-7,13H,4-5,12H2,1H3. The first-order valence-corrected chi connectivity index (χ1v) is 4.86. The Morgan fingerprint density at radius 2 is 2.27 bits per heavy atom. The van der Waals surface area contributed by atoms with Crippen LogP contribution in [0.5, 0.6) is 5.75 Å². The molecule has 1 aromatic heterocycles. The van der Waals surface area contributed by atoms with Gasteiger partial charge in [0.1, 0.15) is 0 Å². The number of benzene rings is 1. The van der Waals surface area contributed by atoms with E-state index < -0.39 is 0 Å². The zero-order valence-electron chi connectivity index (χ0n) is 8.62. The Morgan fingerprint density at radius 1 is 1.40 bits per heavy atom. The largest absolute Gasteiger partial charge is 0.361 e. The minimum atomic E-state index is 0.641. The summed E-state index contributed by atoms with van der Waals surface area (Å²) in [6.07, 6.45) is 2.84. The molecule has 0 aliphatic carbocycles. The van der Waals surface area contributed by atoms with Crippen molar-refractivity contribution >= 4 is 10.9 Å². The van der Waals surface area contributed by atoms with E-state index >= 15 is 0 Å². The molecule has 2 aromatic rings. The molecule has 0 aliphatic rings. The molecule has 0 saturated carbocycles. The third-order valence-electron chi connectivity index (χ3n) is 2.33. The van der Waals surface area contributed by atoms with Crippen LogP contribution in [0.4, 0.5) is 0 Å². The van der Waals surface area contributed by atoms with E-state index in [9.17, 15) is 0 Å². The zero-order valence-corrected chi connectivity index (χ0v) is 8.62. The van der Waals surface area contributed by atoms with Gasteiger partial charge in [0.15, 0.2) is 5.75 Å². The molecule has 0 aliphatic heterocycles. The number of fused-ring (bicyclic) bond motifs is 1. The van der Waals surface area contributed by atoms with Crippen LogP contribution in [-0.4, -0.2) is 18.6 Å². The predicted molar refractivity (Wildman–Crippen MR) is 58.7 cm³/mol. The summed E-state index contributed by atoms with van der Waals surface area (Å²) in [5.74, 6) is 0.697. The van der Waals surface area contributed by atoms with Crippen LogP contribution in [0.3, 0.4) is 0 Å². The molecule has 3 N–H and O–H groups in total. The average Bonchev–Trinajstić information content (AvgIpc) is 2.63. The molecule has 80 valence electrons. The summed E-state index contributed by atoms with van der Waals surface area (Å²) in [6, 6.07) is 5.76. The summed E-state index contributed by atoms with van der Waals surface area (Å²) in [5.41, 5.74) is 7.83. The highest BCUT2D eigenvalue weighted by Crippen LogP contribution is 2.23. The van der Waals surface area contributed by atoms with Crippen molar-refractivity contribution in [3.05, 3.63) is 30.0 Å². The van der Waals surface area contributed by atoms with Gasteiger partial charge in [0.2, 0.25) is 0 Å². The van der Waals surface area contributed by atoms with Gasteiger partial charge in [-0.25, -0.2) is 0 Å². The second kappa shape index (κ2) is 4.33. The second-order valence-electron chi connectivity index (χ2n) is 3.31. The quantitative estimate of drug-likeness (QED) is 0.590. The lowest BCUT2D eigenvalue weighted by Gasteiger charge is -2.01. The Kier molecular flexibility index (Phi) is 2.89. The molecule has 0 spiro atoms. The summed E-state index contributed by atoms with van der Waals surface area (Å²) >= 11 is 0. The molecule has 1 aromatic carbocycles. The van der Waals surface area contributed by atoms with Gasteiger partial charge in [-0.3, -0.25) is 0 Å². The Hall–Kier alpha value is -1.52. The van der Waals surface area contributed by atoms with Gasteiger partial charge < -0.3 is 15.6 Å². The lowest BCUT2D eigenvalue weighted by Crippen LogP contribution is -2.01. The summed E-state index contributed by atoms with van der Waals surface area (Å²) in [6.45, 7) is 0.641. The molecule has 0 atom stereocenters. The fourth-order valence-electron chi connectivity index (χ4n) is 1.67. The molecule has 0 bridgehead atoms. The molecule has 0 saturated heterocycles. The highest BCUT2D eigenvalue weighted by Gasteiger charge is 2.04. The number of aromatic nitrogens is 1. The summed E-state index contributed by atoms with van der Waals surface area (Å²) in [4.78, 5) is 12.8. The molecule has 0 amide bonds. The topological polar surface area (TPSA) is 60.3 Å². The van der Waals surface area contributed by atoms with Gasteiger partial charge in [0, 0.05) is 17.1 Å². The molecule has 4 heteroatoms. The van der Waals surface area contributed by atoms with Crippen LogP contribution in [0.2, 0.25) is 0 Å². The number of hydrogen-bond donors (Lipinski definition) is 2. The highest BCUT2D eigenvalue weighted by molar-refractivity contribution is 5.84. The van der Waals surface area contributed by atoms with Gasteiger partial charge in [-0.2, -0.15) is 4.89 Å². The van der Waals surface area contributed by atoms with Crippen molar-refractivity contribution in [2.45, 2.75) is 6.42 Å². The van der Waals surface area contributed by atoms with Crippen LogP contribution < -0.4 is 10.6 Å². The number of rotatable bonds is 4. The van der Waals surface area contributed by atoms with Crippen molar-refractivity contribution in [2.24, 2.45) is 5.73 Å². The van der Waals surface area contributed by atoms with Gasteiger partial charge in [0.05, 0.1) is 7.11 Å². The number of H-pyrrole nitrogens is 1. The Balaban J connectivity index is 2.42. The Labute approximate surface area is 87.9 Å². The first-order valence-electron chi connectivity index (χ1n) is 4.86. The number of hydrogen-bond acceptors (Lipinski definition) is 3. The van der Waals surface area contributed by atoms with E-state index in [1.807, 2.05) is 24.4 Å². The van der Waals surface area contributed by atoms with E-state index in [1.165, 1.54) is 12.7 Å². The Bertz CT molecular complexity index is 451. The molecule has 0 fully saturated rings. The van der Waals surface area contributed by atoms with Crippen molar-refractivity contribution in [1.29, 1.82) is 0 Å². The lowest BCUT2D eigenvalue weighted by molar-refractivity contribution is -0.178.